The van der Waals surface area contributed by atoms with Gasteiger partial charge in [0, 0.05) is 19.6 Å². The van der Waals surface area contributed by atoms with Crippen LogP contribution in [-0.4, -0.2) is 0 Å². The first-order valence-electron chi connectivity index (χ1n) is 4.54. The summed E-state index contributed by atoms with van der Waals surface area (Å²) in [5.74, 6) is 0. The van der Waals surface area contributed by atoms with Crippen molar-refractivity contribution in [1.29, 1.82) is 0 Å². The summed E-state index contributed by atoms with van der Waals surface area (Å²) in [4.78, 5) is 3.86. The standard InChI is InChI=1S/2C6H6S2/c7-5-1-2-6(8)4-3-5;7-5-2-1-3-6(8)4-5/h2*1-4,7-8H. The van der Waals surface area contributed by atoms with Crippen molar-refractivity contribution in [2.24, 2.45) is 0 Å². The highest BCUT2D eigenvalue weighted by Crippen LogP contribution is 2.11. The molecule has 0 bridgehead atoms. The fourth-order valence-corrected chi connectivity index (χ4v) is 1.80. The van der Waals surface area contributed by atoms with Crippen LogP contribution in [0.1, 0.15) is 0 Å². The van der Waals surface area contributed by atoms with E-state index >= 15 is 0 Å². The summed E-state index contributed by atoms with van der Waals surface area (Å²) in [6.45, 7) is 0. The van der Waals surface area contributed by atoms with Crippen LogP contribution < -0.4 is 0 Å². The van der Waals surface area contributed by atoms with E-state index in [9.17, 15) is 0 Å². The zero-order chi connectivity index (χ0) is 12.0. The average molecular weight is 284 g/mol. The van der Waals surface area contributed by atoms with Gasteiger partial charge in [-0.3, -0.25) is 0 Å². The fraction of sp³-hybridized carbons (Fsp3) is 0. The van der Waals surface area contributed by atoms with E-state index in [0.717, 1.165) is 19.6 Å². The Morgan fingerprint density at radius 1 is 0.500 bits per heavy atom. The molecule has 0 N–H and O–H groups in total. The van der Waals surface area contributed by atoms with Crippen LogP contribution in [0.25, 0.3) is 0 Å². The lowest BCUT2D eigenvalue weighted by Crippen LogP contribution is -1.63. The maximum atomic E-state index is 4.11. The van der Waals surface area contributed by atoms with Gasteiger partial charge < -0.3 is 0 Å². The van der Waals surface area contributed by atoms with Gasteiger partial charge in [0.25, 0.3) is 0 Å². The molecule has 0 unspecified atom stereocenters. The Hall–Kier alpha value is -0.160. The first-order valence-corrected chi connectivity index (χ1v) is 6.33. The third kappa shape index (κ3) is 5.80. The van der Waals surface area contributed by atoms with Crippen molar-refractivity contribution in [3.8, 4) is 0 Å². The summed E-state index contributed by atoms with van der Waals surface area (Å²) in [7, 11) is 0. The lowest BCUT2D eigenvalue weighted by Gasteiger charge is -1.89. The van der Waals surface area contributed by atoms with Gasteiger partial charge in [0.1, 0.15) is 0 Å². The van der Waals surface area contributed by atoms with Crippen molar-refractivity contribution in [2.45, 2.75) is 19.6 Å². The SMILES string of the molecule is Sc1ccc(S)cc1.Sc1cccc(S)c1. The van der Waals surface area contributed by atoms with Gasteiger partial charge in [-0.2, -0.15) is 0 Å². The van der Waals surface area contributed by atoms with Crippen LogP contribution in [0.3, 0.4) is 0 Å². The molecule has 0 radical (unpaired) electrons. The van der Waals surface area contributed by atoms with E-state index < -0.39 is 0 Å². The molecule has 0 aliphatic rings. The molecule has 0 aromatic heterocycles. The molecule has 0 saturated carbocycles. The lowest BCUT2D eigenvalue weighted by molar-refractivity contribution is 1.35. The molecule has 2 rings (SSSR count). The summed E-state index contributed by atoms with van der Waals surface area (Å²) < 4.78 is 0. The topological polar surface area (TPSA) is 0 Å². The molecule has 0 aliphatic carbocycles. The van der Waals surface area contributed by atoms with Gasteiger partial charge in [0.05, 0.1) is 0 Å². The Kier molecular flexibility index (Phi) is 6.28. The van der Waals surface area contributed by atoms with E-state index in [-0.39, 0.29) is 0 Å². The third-order valence-corrected chi connectivity index (χ3v) is 2.83. The molecule has 0 atom stereocenters. The molecule has 0 heterocycles. The average Bonchev–Trinajstić information content (AvgIpc) is 2.23. The summed E-state index contributed by atoms with van der Waals surface area (Å²) in [6, 6.07) is 15.3. The number of rotatable bonds is 0. The van der Waals surface area contributed by atoms with Crippen molar-refractivity contribution in [3.05, 3.63) is 48.5 Å². The number of hydrogen-bond donors (Lipinski definition) is 4. The van der Waals surface area contributed by atoms with Crippen LogP contribution >= 0.6 is 50.5 Å². The van der Waals surface area contributed by atoms with E-state index in [4.69, 9.17) is 0 Å². The van der Waals surface area contributed by atoms with Gasteiger partial charge >= 0.3 is 0 Å². The van der Waals surface area contributed by atoms with E-state index in [2.05, 4.69) is 50.5 Å². The van der Waals surface area contributed by atoms with Gasteiger partial charge in [0.2, 0.25) is 0 Å². The molecule has 0 spiro atoms. The molecule has 0 amide bonds. The maximum Gasteiger partial charge on any atom is 0.00510 e. The first kappa shape index (κ1) is 13.9. The van der Waals surface area contributed by atoms with Gasteiger partial charge in [-0.15, -0.1) is 50.5 Å². The normalized spacial score (nSPS) is 9.25. The zero-order valence-electron chi connectivity index (χ0n) is 8.41. The monoisotopic (exact) mass is 284 g/mol. The largest absolute Gasteiger partial charge is 0.143 e. The van der Waals surface area contributed by atoms with Crippen LogP contribution in [-0.2, 0) is 0 Å². The molecular weight excluding hydrogens is 272 g/mol. The number of hydrogen-bond acceptors (Lipinski definition) is 4. The van der Waals surface area contributed by atoms with E-state index in [1.165, 1.54) is 0 Å². The lowest BCUT2D eigenvalue weighted by atomic mass is 10.4. The van der Waals surface area contributed by atoms with Crippen LogP contribution in [0.4, 0.5) is 0 Å². The van der Waals surface area contributed by atoms with Gasteiger partial charge in [-0.05, 0) is 42.5 Å². The smallest absolute Gasteiger partial charge is 0.00510 e. The molecule has 0 nitrogen and oxygen atoms in total. The highest BCUT2D eigenvalue weighted by molar-refractivity contribution is 7.81. The molecule has 84 valence electrons. The molecule has 0 aliphatic heterocycles. The number of thiol groups is 4. The summed E-state index contributed by atoms with van der Waals surface area (Å²) in [5.41, 5.74) is 0. The minimum Gasteiger partial charge on any atom is -0.143 e. The third-order valence-electron chi connectivity index (χ3n) is 1.68. The van der Waals surface area contributed by atoms with Gasteiger partial charge in [-0.1, -0.05) is 6.07 Å². The summed E-state index contributed by atoms with van der Waals surface area (Å²) in [5, 5.41) is 0. The fourth-order valence-electron chi connectivity index (χ4n) is 0.946. The van der Waals surface area contributed by atoms with E-state index in [1.807, 2.05) is 48.5 Å². The Morgan fingerprint density at radius 2 is 0.875 bits per heavy atom. The first-order chi connectivity index (χ1) is 7.58. The predicted octanol–water partition coefficient (Wildman–Crippen LogP) is 4.53. The molecule has 2 aromatic carbocycles. The van der Waals surface area contributed by atoms with Crippen LogP contribution in [0.15, 0.2) is 68.1 Å². The Morgan fingerprint density at radius 3 is 1.12 bits per heavy atom. The molecule has 4 heteroatoms. The zero-order valence-corrected chi connectivity index (χ0v) is 12.0. The van der Waals surface area contributed by atoms with Crippen molar-refractivity contribution >= 4 is 50.5 Å². The minimum atomic E-state index is 0.956. The Balaban J connectivity index is 0.000000160. The van der Waals surface area contributed by atoms with Crippen molar-refractivity contribution in [2.75, 3.05) is 0 Å². The Labute approximate surface area is 118 Å². The second-order valence-electron chi connectivity index (χ2n) is 3.04. The predicted molar refractivity (Wildman–Crippen MR) is 81.9 cm³/mol. The minimum absolute atomic E-state index is 0.956. The van der Waals surface area contributed by atoms with Crippen molar-refractivity contribution in [3.63, 3.8) is 0 Å². The second kappa shape index (κ2) is 7.22. The maximum absolute atomic E-state index is 4.11. The molecule has 0 fully saturated rings. The second-order valence-corrected chi connectivity index (χ2v) is 5.10. The summed E-state index contributed by atoms with van der Waals surface area (Å²) >= 11 is 16.4. The molecule has 16 heavy (non-hydrogen) atoms. The van der Waals surface area contributed by atoms with E-state index in [1.54, 1.807) is 0 Å². The van der Waals surface area contributed by atoms with Crippen LogP contribution in [0, 0.1) is 0 Å². The summed E-state index contributed by atoms with van der Waals surface area (Å²) in [6.07, 6.45) is 0. The number of benzene rings is 2. The molecule has 0 saturated heterocycles. The molecule has 2 aromatic rings. The highest BCUT2D eigenvalue weighted by Gasteiger charge is 1.82. The quantitative estimate of drug-likeness (QED) is 0.502. The van der Waals surface area contributed by atoms with Crippen LogP contribution in [0.2, 0.25) is 0 Å². The Bertz CT molecular complexity index is 399. The van der Waals surface area contributed by atoms with Crippen molar-refractivity contribution < 1.29 is 0 Å². The molecular formula is C12H12S4. The van der Waals surface area contributed by atoms with Crippen molar-refractivity contribution in [1.82, 2.24) is 0 Å². The van der Waals surface area contributed by atoms with E-state index in [0.29, 0.717) is 0 Å². The van der Waals surface area contributed by atoms with Crippen LogP contribution in [0.5, 0.6) is 0 Å². The highest BCUT2D eigenvalue weighted by atomic mass is 32.1. The van der Waals surface area contributed by atoms with Gasteiger partial charge in [0.15, 0.2) is 0 Å². The van der Waals surface area contributed by atoms with Gasteiger partial charge in [-0.25, -0.2) is 0 Å².